The molecule has 1 aromatic rings. The fourth-order valence-electron chi connectivity index (χ4n) is 2.39. The highest BCUT2D eigenvalue weighted by Crippen LogP contribution is 2.25. The Bertz CT molecular complexity index is 780. The Morgan fingerprint density at radius 1 is 1.26 bits per heavy atom. The number of hydrogen-bond donors (Lipinski definition) is 1. The summed E-state index contributed by atoms with van der Waals surface area (Å²) in [4.78, 5) is 12.0. The summed E-state index contributed by atoms with van der Waals surface area (Å²) >= 11 is 0. The standard InChI is InChI=1S/C15H21NO5S2/c1-11(2)9-16-15(17)12-3-5-13(6-4-12)23(20,21)14-7-8-22(18,19)10-14/h3-6,11,14H,7-10H2,1-2H3,(H,16,17)/t14-/m0/s1. The minimum atomic E-state index is -3.69. The Morgan fingerprint density at radius 2 is 1.87 bits per heavy atom. The molecule has 1 heterocycles. The summed E-state index contributed by atoms with van der Waals surface area (Å²) in [6, 6.07) is 5.63. The van der Waals surface area contributed by atoms with Crippen molar-refractivity contribution in [3.8, 4) is 0 Å². The van der Waals surface area contributed by atoms with Crippen molar-refractivity contribution in [2.24, 2.45) is 5.92 Å². The van der Waals surface area contributed by atoms with E-state index in [1.165, 1.54) is 24.3 Å². The molecule has 0 aliphatic carbocycles. The maximum absolute atomic E-state index is 12.5. The van der Waals surface area contributed by atoms with E-state index in [0.29, 0.717) is 18.0 Å². The van der Waals surface area contributed by atoms with Crippen molar-refractivity contribution >= 4 is 25.6 Å². The Kier molecular flexibility index (Phi) is 5.15. The molecule has 8 heteroatoms. The number of amides is 1. The van der Waals surface area contributed by atoms with Gasteiger partial charge in [0.2, 0.25) is 0 Å². The van der Waals surface area contributed by atoms with Crippen LogP contribution in [-0.4, -0.2) is 46.0 Å². The molecule has 1 saturated heterocycles. The van der Waals surface area contributed by atoms with Crippen LogP contribution in [0.25, 0.3) is 0 Å². The Morgan fingerprint density at radius 3 is 2.35 bits per heavy atom. The second kappa shape index (κ2) is 6.60. The molecule has 1 N–H and O–H groups in total. The average Bonchev–Trinajstić information content (AvgIpc) is 2.85. The molecule has 0 aromatic heterocycles. The summed E-state index contributed by atoms with van der Waals surface area (Å²) in [5, 5.41) is 1.86. The Hall–Kier alpha value is -1.41. The first kappa shape index (κ1) is 17.9. The molecule has 0 unspecified atom stereocenters. The summed E-state index contributed by atoms with van der Waals surface area (Å²) in [6.45, 7) is 4.50. The van der Waals surface area contributed by atoms with Gasteiger partial charge in [0.15, 0.2) is 19.7 Å². The molecule has 1 amide bonds. The van der Waals surface area contributed by atoms with Crippen molar-refractivity contribution < 1.29 is 21.6 Å². The van der Waals surface area contributed by atoms with Crippen LogP contribution < -0.4 is 5.32 Å². The number of sulfone groups is 2. The van der Waals surface area contributed by atoms with E-state index in [1.54, 1.807) is 0 Å². The van der Waals surface area contributed by atoms with Crippen molar-refractivity contribution in [1.82, 2.24) is 5.32 Å². The maximum atomic E-state index is 12.5. The van der Waals surface area contributed by atoms with Gasteiger partial charge in [-0.2, -0.15) is 0 Å². The third-order valence-corrected chi connectivity index (χ3v) is 7.93. The zero-order valence-corrected chi connectivity index (χ0v) is 14.8. The molecule has 23 heavy (non-hydrogen) atoms. The molecule has 0 spiro atoms. The van der Waals surface area contributed by atoms with Gasteiger partial charge in [0.1, 0.15) is 0 Å². The number of rotatable bonds is 5. The van der Waals surface area contributed by atoms with Gasteiger partial charge in [-0.15, -0.1) is 0 Å². The third-order valence-electron chi connectivity index (χ3n) is 3.75. The quantitative estimate of drug-likeness (QED) is 0.847. The molecule has 0 bridgehead atoms. The van der Waals surface area contributed by atoms with Gasteiger partial charge in [0.25, 0.3) is 5.91 Å². The van der Waals surface area contributed by atoms with E-state index in [-0.39, 0.29) is 28.7 Å². The zero-order valence-electron chi connectivity index (χ0n) is 13.2. The van der Waals surface area contributed by atoms with Crippen LogP contribution >= 0.6 is 0 Å². The van der Waals surface area contributed by atoms with Gasteiger partial charge in [0, 0.05) is 12.1 Å². The molecular weight excluding hydrogens is 338 g/mol. The molecule has 6 nitrogen and oxygen atoms in total. The van der Waals surface area contributed by atoms with E-state index < -0.39 is 24.9 Å². The SMILES string of the molecule is CC(C)CNC(=O)c1ccc(S(=O)(=O)[C@H]2CCS(=O)(=O)C2)cc1. The number of hydrogen-bond acceptors (Lipinski definition) is 5. The lowest BCUT2D eigenvalue weighted by molar-refractivity contribution is 0.0949. The summed E-state index contributed by atoms with van der Waals surface area (Å²) in [5.74, 6) is -0.354. The summed E-state index contributed by atoms with van der Waals surface area (Å²) < 4.78 is 47.9. The lowest BCUT2D eigenvalue weighted by Gasteiger charge is -2.11. The van der Waals surface area contributed by atoms with Crippen molar-refractivity contribution in [2.45, 2.75) is 30.4 Å². The molecule has 1 aliphatic rings. The first-order valence-corrected chi connectivity index (χ1v) is 10.8. The number of nitrogens with one attached hydrogen (secondary N) is 1. The van der Waals surface area contributed by atoms with Crippen molar-refractivity contribution in [3.63, 3.8) is 0 Å². The van der Waals surface area contributed by atoms with Crippen molar-refractivity contribution in [1.29, 1.82) is 0 Å². The molecule has 1 fully saturated rings. The number of benzene rings is 1. The molecular formula is C15H21NO5S2. The van der Waals surface area contributed by atoms with E-state index >= 15 is 0 Å². The predicted octanol–water partition coefficient (Wildman–Crippen LogP) is 1.03. The normalized spacial score (nSPS) is 20.6. The topological polar surface area (TPSA) is 97.4 Å². The van der Waals surface area contributed by atoms with Crippen LogP contribution in [0.3, 0.4) is 0 Å². The lowest BCUT2D eigenvalue weighted by atomic mass is 10.2. The highest BCUT2D eigenvalue weighted by atomic mass is 32.2. The largest absolute Gasteiger partial charge is 0.352 e. The van der Waals surface area contributed by atoms with Crippen LogP contribution in [0.2, 0.25) is 0 Å². The first-order valence-electron chi connectivity index (χ1n) is 7.44. The van der Waals surface area contributed by atoms with E-state index in [2.05, 4.69) is 5.32 Å². The minimum absolute atomic E-state index is 0.0556. The van der Waals surface area contributed by atoms with Gasteiger partial charge in [-0.25, -0.2) is 16.8 Å². The van der Waals surface area contributed by atoms with Gasteiger partial charge in [-0.1, -0.05) is 13.8 Å². The molecule has 0 radical (unpaired) electrons. The van der Waals surface area contributed by atoms with Crippen LogP contribution in [-0.2, 0) is 19.7 Å². The maximum Gasteiger partial charge on any atom is 0.251 e. The van der Waals surface area contributed by atoms with E-state index in [0.717, 1.165) is 0 Å². The van der Waals surface area contributed by atoms with Crippen molar-refractivity contribution in [2.75, 3.05) is 18.1 Å². The molecule has 2 rings (SSSR count). The first-order chi connectivity index (χ1) is 10.6. The van der Waals surface area contributed by atoms with Crippen LogP contribution in [0.15, 0.2) is 29.2 Å². The van der Waals surface area contributed by atoms with Gasteiger partial charge >= 0.3 is 0 Å². The third kappa shape index (κ3) is 4.32. The molecule has 0 saturated carbocycles. The van der Waals surface area contributed by atoms with Crippen LogP contribution in [0.5, 0.6) is 0 Å². The number of carbonyl (C=O) groups excluding carboxylic acids is 1. The average molecular weight is 359 g/mol. The lowest BCUT2D eigenvalue weighted by Crippen LogP contribution is -2.27. The summed E-state index contributed by atoms with van der Waals surface area (Å²) in [7, 11) is -6.96. The monoisotopic (exact) mass is 359 g/mol. The summed E-state index contributed by atoms with van der Waals surface area (Å²) in [5.41, 5.74) is 0.378. The van der Waals surface area contributed by atoms with Gasteiger partial charge in [-0.3, -0.25) is 4.79 Å². The molecule has 1 atom stereocenters. The zero-order chi connectivity index (χ0) is 17.3. The van der Waals surface area contributed by atoms with E-state index in [4.69, 9.17) is 0 Å². The minimum Gasteiger partial charge on any atom is -0.352 e. The number of carbonyl (C=O) groups is 1. The fraction of sp³-hybridized carbons (Fsp3) is 0.533. The molecule has 128 valence electrons. The van der Waals surface area contributed by atoms with Crippen molar-refractivity contribution in [3.05, 3.63) is 29.8 Å². The fourth-order valence-corrected chi connectivity index (χ4v) is 6.75. The second-order valence-electron chi connectivity index (χ2n) is 6.20. The van der Waals surface area contributed by atoms with Crippen LogP contribution in [0.4, 0.5) is 0 Å². The smallest absolute Gasteiger partial charge is 0.251 e. The van der Waals surface area contributed by atoms with Crippen LogP contribution in [0.1, 0.15) is 30.6 Å². The molecule has 1 aliphatic heterocycles. The van der Waals surface area contributed by atoms with Gasteiger partial charge < -0.3 is 5.32 Å². The highest BCUT2D eigenvalue weighted by Gasteiger charge is 2.37. The second-order valence-corrected chi connectivity index (χ2v) is 10.7. The van der Waals surface area contributed by atoms with Gasteiger partial charge in [0.05, 0.1) is 21.7 Å². The van der Waals surface area contributed by atoms with Crippen LogP contribution in [0, 0.1) is 5.92 Å². The summed E-state index contributed by atoms with van der Waals surface area (Å²) in [6.07, 6.45) is 0.126. The van der Waals surface area contributed by atoms with Gasteiger partial charge in [-0.05, 0) is 36.6 Å². The Labute approximate surface area is 137 Å². The van der Waals surface area contributed by atoms with E-state index in [9.17, 15) is 21.6 Å². The van der Waals surface area contributed by atoms with E-state index in [1.807, 2.05) is 13.8 Å². The predicted molar refractivity (Wildman–Crippen MR) is 87.9 cm³/mol. The highest BCUT2D eigenvalue weighted by molar-refractivity contribution is 7.96. The Balaban J connectivity index is 2.14. The molecule has 1 aromatic carbocycles.